The number of aliphatic carboxylic acids is 1. The zero-order chi connectivity index (χ0) is 22.6. The van der Waals surface area contributed by atoms with E-state index in [1.54, 1.807) is 26.3 Å². The Morgan fingerprint density at radius 1 is 0.875 bits per heavy atom. The predicted octanol–water partition coefficient (Wildman–Crippen LogP) is 4.39. The Morgan fingerprint density at radius 3 is 1.69 bits per heavy atom. The molecule has 3 N–H and O–H groups in total. The van der Waals surface area contributed by atoms with Gasteiger partial charge in [-0.1, -0.05) is 91.0 Å². The number of carboxylic acids is 1. The van der Waals surface area contributed by atoms with E-state index in [0.29, 0.717) is 11.3 Å². The Morgan fingerprint density at radius 2 is 1.31 bits per heavy atom. The SMILES string of the molecule is COC1=C(C)C(NC(c2ccccc2)(c2ccccc2)c2ccccc2)(C(=O)O)NC=C1. The number of methoxy groups -OCH3 is 1. The maximum Gasteiger partial charge on any atom is 0.349 e. The molecule has 4 rings (SSSR count). The maximum atomic E-state index is 12.9. The second-order valence-corrected chi connectivity index (χ2v) is 7.70. The molecule has 0 amide bonds. The molecule has 0 aliphatic carbocycles. The van der Waals surface area contributed by atoms with E-state index >= 15 is 0 Å². The van der Waals surface area contributed by atoms with Crippen LogP contribution in [0, 0.1) is 0 Å². The number of rotatable bonds is 7. The van der Waals surface area contributed by atoms with Crippen molar-refractivity contribution < 1.29 is 14.6 Å². The second-order valence-electron chi connectivity index (χ2n) is 7.70. The first-order chi connectivity index (χ1) is 15.5. The van der Waals surface area contributed by atoms with E-state index in [-0.39, 0.29) is 0 Å². The van der Waals surface area contributed by atoms with E-state index in [1.165, 1.54) is 0 Å². The smallest absolute Gasteiger partial charge is 0.349 e. The van der Waals surface area contributed by atoms with Crippen molar-refractivity contribution in [3.8, 4) is 0 Å². The minimum Gasteiger partial charge on any atom is -0.497 e. The fourth-order valence-electron chi connectivity index (χ4n) is 4.35. The summed E-state index contributed by atoms with van der Waals surface area (Å²) < 4.78 is 5.49. The third-order valence-corrected chi connectivity index (χ3v) is 6.00. The van der Waals surface area contributed by atoms with Gasteiger partial charge in [0.15, 0.2) is 0 Å². The summed E-state index contributed by atoms with van der Waals surface area (Å²) in [5.74, 6) is -0.553. The topological polar surface area (TPSA) is 70.6 Å². The van der Waals surface area contributed by atoms with Gasteiger partial charge in [-0.3, -0.25) is 5.32 Å². The Labute approximate surface area is 188 Å². The van der Waals surface area contributed by atoms with Gasteiger partial charge in [-0.25, -0.2) is 4.79 Å². The van der Waals surface area contributed by atoms with E-state index < -0.39 is 17.2 Å². The molecule has 5 heteroatoms. The van der Waals surface area contributed by atoms with Gasteiger partial charge in [0.2, 0.25) is 5.66 Å². The standard InChI is InChI=1S/C27H26N2O3/c1-20-24(32-2)18-19-28-27(20,25(30)31)29-26(21-12-6-3-7-13-21,22-14-8-4-9-15-22)23-16-10-5-11-17-23/h3-19,28-29H,1-2H3,(H,30,31). The average molecular weight is 427 g/mol. The molecule has 3 aromatic carbocycles. The van der Waals surface area contributed by atoms with Crippen molar-refractivity contribution in [1.82, 2.24) is 10.6 Å². The molecule has 1 atom stereocenters. The lowest BCUT2D eigenvalue weighted by molar-refractivity contribution is -0.145. The number of nitrogens with one attached hydrogen (secondary N) is 2. The van der Waals surface area contributed by atoms with Gasteiger partial charge in [0.1, 0.15) is 5.76 Å². The molecule has 0 spiro atoms. The van der Waals surface area contributed by atoms with Crippen LogP contribution in [0.2, 0.25) is 0 Å². The van der Waals surface area contributed by atoms with Crippen molar-refractivity contribution >= 4 is 5.97 Å². The van der Waals surface area contributed by atoms with Crippen LogP contribution in [0.3, 0.4) is 0 Å². The fraction of sp³-hybridized carbons (Fsp3) is 0.148. The molecule has 5 nitrogen and oxygen atoms in total. The first-order valence-electron chi connectivity index (χ1n) is 10.4. The summed E-state index contributed by atoms with van der Waals surface area (Å²) in [7, 11) is 1.54. The van der Waals surface area contributed by atoms with Crippen LogP contribution in [0.25, 0.3) is 0 Å². The van der Waals surface area contributed by atoms with Gasteiger partial charge in [0.25, 0.3) is 0 Å². The number of carboxylic acid groups (broad SMARTS) is 1. The van der Waals surface area contributed by atoms with Crippen LogP contribution in [-0.4, -0.2) is 23.8 Å². The Kier molecular flexibility index (Phi) is 5.84. The minimum atomic E-state index is -1.61. The molecule has 0 fully saturated rings. The number of hydrogen-bond donors (Lipinski definition) is 3. The second kappa shape index (κ2) is 8.73. The van der Waals surface area contributed by atoms with Crippen molar-refractivity contribution in [3.05, 3.63) is 131 Å². The van der Waals surface area contributed by atoms with Crippen LogP contribution in [-0.2, 0) is 15.1 Å². The Bertz CT molecular complexity index is 1040. The molecular weight excluding hydrogens is 400 g/mol. The number of ether oxygens (including phenoxy) is 1. The molecule has 0 saturated heterocycles. The lowest BCUT2D eigenvalue weighted by atomic mass is 9.75. The van der Waals surface area contributed by atoms with Crippen LogP contribution < -0.4 is 10.6 Å². The van der Waals surface area contributed by atoms with Gasteiger partial charge in [-0.05, 0) is 29.7 Å². The van der Waals surface area contributed by atoms with Gasteiger partial charge in [0.05, 0.1) is 12.6 Å². The van der Waals surface area contributed by atoms with Crippen molar-refractivity contribution in [2.45, 2.75) is 18.1 Å². The normalized spacial score (nSPS) is 18.2. The van der Waals surface area contributed by atoms with Gasteiger partial charge in [-0.2, -0.15) is 0 Å². The van der Waals surface area contributed by atoms with Crippen molar-refractivity contribution in [1.29, 1.82) is 0 Å². The lowest BCUT2D eigenvalue weighted by Crippen LogP contribution is -2.69. The quantitative estimate of drug-likeness (QED) is 0.489. The van der Waals surface area contributed by atoms with Crippen LogP contribution in [0.1, 0.15) is 23.6 Å². The summed E-state index contributed by atoms with van der Waals surface area (Å²) in [6.45, 7) is 1.77. The highest BCUT2D eigenvalue weighted by Crippen LogP contribution is 2.40. The summed E-state index contributed by atoms with van der Waals surface area (Å²) in [6, 6.07) is 29.7. The summed E-state index contributed by atoms with van der Waals surface area (Å²) in [5, 5.41) is 17.2. The molecule has 1 aliphatic rings. The maximum absolute atomic E-state index is 12.9. The summed E-state index contributed by atoms with van der Waals surface area (Å²) in [5.41, 5.74) is 0.702. The van der Waals surface area contributed by atoms with E-state index in [2.05, 4.69) is 10.6 Å². The van der Waals surface area contributed by atoms with E-state index in [1.807, 2.05) is 91.0 Å². The highest BCUT2D eigenvalue weighted by molar-refractivity contribution is 5.84. The first kappa shape index (κ1) is 21.4. The summed E-state index contributed by atoms with van der Waals surface area (Å²) in [4.78, 5) is 12.9. The summed E-state index contributed by atoms with van der Waals surface area (Å²) in [6.07, 6.45) is 3.34. The molecule has 32 heavy (non-hydrogen) atoms. The fourth-order valence-corrected chi connectivity index (χ4v) is 4.35. The lowest BCUT2D eigenvalue weighted by Gasteiger charge is -2.45. The van der Waals surface area contributed by atoms with Gasteiger partial charge in [-0.15, -0.1) is 0 Å². The number of hydrogen-bond acceptors (Lipinski definition) is 4. The van der Waals surface area contributed by atoms with Crippen LogP contribution in [0.15, 0.2) is 115 Å². The molecule has 162 valence electrons. The molecule has 0 radical (unpaired) electrons. The molecule has 1 aliphatic heterocycles. The highest BCUT2D eigenvalue weighted by Gasteiger charge is 2.51. The third-order valence-electron chi connectivity index (χ3n) is 6.00. The Hall–Kier alpha value is -3.83. The average Bonchev–Trinajstić information content (AvgIpc) is 2.85. The number of dihydropyridines is 1. The Balaban J connectivity index is 2.05. The van der Waals surface area contributed by atoms with Crippen molar-refractivity contribution in [2.24, 2.45) is 0 Å². The van der Waals surface area contributed by atoms with Gasteiger partial charge >= 0.3 is 5.97 Å². The van der Waals surface area contributed by atoms with Gasteiger partial charge < -0.3 is 15.2 Å². The van der Waals surface area contributed by atoms with E-state index in [0.717, 1.165) is 16.7 Å². The molecule has 3 aromatic rings. The monoisotopic (exact) mass is 426 g/mol. The molecule has 1 unspecified atom stereocenters. The number of allylic oxidation sites excluding steroid dienone is 1. The van der Waals surface area contributed by atoms with Crippen LogP contribution in [0.5, 0.6) is 0 Å². The molecule has 0 bridgehead atoms. The van der Waals surface area contributed by atoms with E-state index in [4.69, 9.17) is 4.74 Å². The largest absolute Gasteiger partial charge is 0.497 e. The summed E-state index contributed by atoms with van der Waals surface area (Å²) >= 11 is 0. The first-order valence-corrected chi connectivity index (χ1v) is 10.4. The number of benzene rings is 3. The van der Waals surface area contributed by atoms with Crippen molar-refractivity contribution in [3.63, 3.8) is 0 Å². The van der Waals surface area contributed by atoms with Crippen LogP contribution in [0.4, 0.5) is 0 Å². The molecular formula is C27H26N2O3. The number of carbonyl (C=O) groups is 1. The van der Waals surface area contributed by atoms with Gasteiger partial charge in [0, 0.05) is 11.8 Å². The van der Waals surface area contributed by atoms with Crippen LogP contribution >= 0.6 is 0 Å². The highest BCUT2D eigenvalue weighted by atomic mass is 16.5. The van der Waals surface area contributed by atoms with Crippen molar-refractivity contribution in [2.75, 3.05) is 7.11 Å². The third kappa shape index (κ3) is 3.47. The molecule has 0 saturated carbocycles. The molecule has 1 heterocycles. The zero-order valence-electron chi connectivity index (χ0n) is 18.1. The minimum absolute atomic E-state index is 0.502. The van der Waals surface area contributed by atoms with E-state index in [9.17, 15) is 9.90 Å². The molecule has 0 aromatic heterocycles. The predicted molar refractivity (Wildman–Crippen MR) is 125 cm³/mol. The zero-order valence-corrected chi connectivity index (χ0v) is 18.1.